The monoisotopic (exact) mass is 225 g/mol. The SMILES string of the molecule is C#CCN(CC1CC1)c1nc(C)ccc1C#N. The molecule has 1 aliphatic rings. The van der Waals surface area contributed by atoms with Crippen molar-refractivity contribution in [3.8, 4) is 18.4 Å². The van der Waals surface area contributed by atoms with Crippen LogP contribution in [0.2, 0.25) is 0 Å². The molecule has 2 rings (SSSR count). The Kier molecular flexibility index (Phi) is 3.30. The lowest BCUT2D eigenvalue weighted by atomic mass is 10.2. The van der Waals surface area contributed by atoms with Gasteiger partial charge in [-0.3, -0.25) is 0 Å². The summed E-state index contributed by atoms with van der Waals surface area (Å²) in [6.07, 6.45) is 7.91. The molecule has 1 heterocycles. The van der Waals surface area contributed by atoms with Gasteiger partial charge in [0.1, 0.15) is 11.9 Å². The fourth-order valence-corrected chi connectivity index (χ4v) is 1.82. The molecule has 0 aliphatic heterocycles. The van der Waals surface area contributed by atoms with Gasteiger partial charge in [0.25, 0.3) is 0 Å². The molecule has 0 atom stereocenters. The molecule has 1 aromatic heterocycles. The predicted molar refractivity (Wildman–Crippen MR) is 67.5 cm³/mol. The van der Waals surface area contributed by atoms with Crippen LogP contribution in [0, 0.1) is 36.5 Å². The number of nitriles is 1. The summed E-state index contributed by atoms with van der Waals surface area (Å²) in [7, 11) is 0. The first-order valence-electron chi connectivity index (χ1n) is 5.80. The number of aromatic nitrogens is 1. The second kappa shape index (κ2) is 4.89. The smallest absolute Gasteiger partial charge is 0.147 e. The largest absolute Gasteiger partial charge is 0.344 e. The molecule has 1 fully saturated rings. The van der Waals surface area contributed by atoms with Crippen molar-refractivity contribution >= 4 is 5.82 Å². The van der Waals surface area contributed by atoms with Gasteiger partial charge in [-0.05, 0) is 37.8 Å². The highest BCUT2D eigenvalue weighted by atomic mass is 15.2. The first kappa shape index (κ1) is 11.5. The highest BCUT2D eigenvalue weighted by molar-refractivity contribution is 5.55. The summed E-state index contributed by atoms with van der Waals surface area (Å²) in [5.41, 5.74) is 1.52. The van der Waals surface area contributed by atoms with Crippen molar-refractivity contribution in [2.75, 3.05) is 18.0 Å². The maximum absolute atomic E-state index is 9.11. The first-order chi connectivity index (χ1) is 8.24. The Morgan fingerprint density at radius 2 is 2.29 bits per heavy atom. The standard InChI is InChI=1S/C14H15N3/c1-3-8-17(10-12-5-6-12)14-13(9-15)7-4-11(2)16-14/h1,4,7,12H,5-6,8,10H2,2H3. The van der Waals surface area contributed by atoms with Crippen LogP contribution in [0.15, 0.2) is 12.1 Å². The van der Waals surface area contributed by atoms with E-state index in [0.717, 1.165) is 24.0 Å². The van der Waals surface area contributed by atoms with Gasteiger partial charge in [-0.1, -0.05) is 5.92 Å². The molecule has 0 amide bonds. The van der Waals surface area contributed by atoms with E-state index in [1.165, 1.54) is 12.8 Å². The van der Waals surface area contributed by atoms with Crippen molar-refractivity contribution in [3.05, 3.63) is 23.4 Å². The molecule has 17 heavy (non-hydrogen) atoms. The van der Waals surface area contributed by atoms with Crippen molar-refractivity contribution in [2.45, 2.75) is 19.8 Å². The molecule has 0 aromatic carbocycles. The Morgan fingerprint density at radius 1 is 1.53 bits per heavy atom. The maximum Gasteiger partial charge on any atom is 0.147 e. The number of hydrogen-bond acceptors (Lipinski definition) is 3. The van der Waals surface area contributed by atoms with Crippen LogP contribution >= 0.6 is 0 Å². The van der Waals surface area contributed by atoms with Crippen LogP contribution in [-0.4, -0.2) is 18.1 Å². The number of hydrogen-bond donors (Lipinski definition) is 0. The Hall–Kier alpha value is -2.00. The second-order valence-electron chi connectivity index (χ2n) is 4.46. The van der Waals surface area contributed by atoms with Crippen LogP contribution in [0.1, 0.15) is 24.1 Å². The number of terminal acetylenes is 1. The van der Waals surface area contributed by atoms with Crippen LogP contribution in [0.3, 0.4) is 0 Å². The summed E-state index contributed by atoms with van der Waals surface area (Å²) in [5, 5.41) is 9.11. The lowest BCUT2D eigenvalue weighted by Crippen LogP contribution is -2.28. The summed E-state index contributed by atoms with van der Waals surface area (Å²) >= 11 is 0. The maximum atomic E-state index is 9.11. The Morgan fingerprint density at radius 3 is 2.88 bits per heavy atom. The predicted octanol–water partition coefficient (Wildman–Crippen LogP) is 2.11. The molecule has 0 bridgehead atoms. The highest BCUT2D eigenvalue weighted by Gasteiger charge is 2.25. The fourth-order valence-electron chi connectivity index (χ4n) is 1.82. The van der Waals surface area contributed by atoms with Gasteiger partial charge in [0.2, 0.25) is 0 Å². The van der Waals surface area contributed by atoms with E-state index < -0.39 is 0 Å². The van der Waals surface area contributed by atoms with Gasteiger partial charge >= 0.3 is 0 Å². The van der Waals surface area contributed by atoms with Gasteiger partial charge in [-0.2, -0.15) is 5.26 Å². The van der Waals surface area contributed by atoms with Crippen LogP contribution in [0.5, 0.6) is 0 Å². The van der Waals surface area contributed by atoms with Crippen molar-refractivity contribution in [1.82, 2.24) is 4.98 Å². The van der Waals surface area contributed by atoms with Crippen LogP contribution < -0.4 is 4.90 Å². The fraction of sp³-hybridized carbons (Fsp3) is 0.429. The normalized spacial score (nSPS) is 13.8. The number of pyridine rings is 1. The molecular weight excluding hydrogens is 210 g/mol. The zero-order valence-corrected chi connectivity index (χ0v) is 9.98. The van der Waals surface area contributed by atoms with E-state index in [2.05, 4.69) is 17.0 Å². The van der Waals surface area contributed by atoms with Gasteiger partial charge in [0.05, 0.1) is 12.1 Å². The van der Waals surface area contributed by atoms with Gasteiger partial charge in [-0.15, -0.1) is 6.42 Å². The summed E-state index contributed by atoms with van der Waals surface area (Å²) in [6.45, 7) is 3.35. The van der Waals surface area contributed by atoms with Crippen molar-refractivity contribution < 1.29 is 0 Å². The van der Waals surface area contributed by atoms with E-state index in [4.69, 9.17) is 11.7 Å². The molecule has 1 saturated carbocycles. The average molecular weight is 225 g/mol. The molecule has 86 valence electrons. The van der Waals surface area contributed by atoms with Gasteiger partial charge in [0.15, 0.2) is 0 Å². The van der Waals surface area contributed by atoms with E-state index in [0.29, 0.717) is 12.1 Å². The molecule has 3 nitrogen and oxygen atoms in total. The van der Waals surface area contributed by atoms with Crippen LogP contribution in [-0.2, 0) is 0 Å². The van der Waals surface area contributed by atoms with E-state index in [1.807, 2.05) is 24.0 Å². The molecule has 0 N–H and O–H groups in total. The molecule has 0 radical (unpaired) electrons. The number of aryl methyl sites for hydroxylation is 1. The van der Waals surface area contributed by atoms with Crippen LogP contribution in [0.25, 0.3) is 0 Å². The van der Waals surface area contributed by atoms with E-state index in [1.54, 1.807) is 0 Å². The minimum absolute atomic E-state index is 0.516. The molecular formula is C14H15N3. The molecule has 0 spiro atoms. The number of anilines is 1. The lowest BCUT2D eigenvalue weighted by molar-refractivity contribution is 0.752. The number of rotatable bonds is 4. The zero-order valence-electron chi connectivity index (χ0n) is 9.98. The average Bonchev–Trinajstić information content (AvgIpc) is 3.12. The Balaban J connectivity index is 2.30. The van der Waals surface area contributed by atoms with E-state index >= 15 is 0 Å². The highest BCUT2D eigenvalue weighted by Crippen LogP contribution is 2.31. The molecule has 0 saturated heterocycles. The third kappa shape index (κ3) is 2.77. The van der Waals surface area contributed by atoms with E-state index in [9.17, 15) is 0 Å². The quantitative estimate of drug-likeness (QED) is 0.737. The second-order valence-corrected chi connectivity index (χ2v) is 4.46. The molecule has 1 aliphatic carbocycles. The Bertz CT molecular complexity index is 489. The summed E-state index contributed by atoms with van der Waals surface area (Å²) in [6, 6.07) is 5.85. The van der Waals surface area contributed by atoms with Gasteiger partial charge in [-0.25, -0.2) is 4.98 Å². The van der Waals surface area contributed by atoms with Crippen LogP contribution in [0.4, 0.5) is 5.82 Å². The summed E-state index contributed by atoms with van der Waals surface area (Å²) < 4.78 is 0. The van der Waals surface area contributed by atoms with Gasteiger partial charge in [0, 0.05) is 12.2 Å². The minimum atomic E-state index is 0.516. The summed E-state index contributed by atoms with van der Waals surface area (Å²) in [5.74, 6) is 4.10. The minimum Gasteiger partial charge on any atom is -0.344 e. The molecule has 3 heteroatoms. The third-order valence-corrected chi connectivity index (χ3v) is 2.89. The first-order valence-corrected chi connectivity index (χ1v) is 5.80. The van der Waals surface area contributed by atoms with E-state index in [-0.39, 0.29) is 0 Å². The van der Waals surface area contributed by atoms with Gasteiger partial charge < -0.3 is 4.90 Å². The topological polar surface area (TPSA) is 39.9 Å². The molecule has 0 unspecified atom stereocenters. The summed E-state index contributed by atoms with van der Waals surface area (Å²) in [4.78, 5) is 6.50. The zero-order chi connectivity index (χ0) is 12.3. The number of nitrogens with zero attached hydrogens (tertiary/aromatic N) is 3. The molecule has 1 aromatic rings. The van der Waals surface area contributed by atoms with Crippen molar-refractivity contribution in [1.29, 1.82) is 5.26 Å². The van der Waals surface area contributed by atoms with Crippen molar-refractivity contribution in [2.24, 2.45) is 5.92 Å². The lowest BCUT2D eigenvalue weighted by Gasteiger charge is -2.22. The Labute approximate surface area is 102 Å². The van der Waals surface area contributed by atoms with Crippen molar-refractivity contribution in [3.63, 3.8) is 0 Å². The third-order valence-electron chi connectivity index (χ3n) is 2.89.